The molecule has 1 aliphatic heterocycles. The van der Waals surface area contributed by atoms with Crippen LogP contribution in [0.1, 0.15) is 24.0 Å². The van der Waals surface area contributed by atoms with Crippen LogP contribution in [-0.4, -0.2) is 13.1 Å². The van der Waals surface area contributed by atoms with E-state index >= 15 is 0 Å². The third-order valence-electron chi connectivity index (χ3n) is 2.70. The summed E-state index contributed by atoms with van der Waals surface area (Å²) in [5, 5.41) is 18.0. The second-order valence-corrected chi connectivity index (χ2v) is 3.62. The van der Waals surface area contributed by atoms with Crippen molar-refractivity contribution in [2.24, 2.45) is 0 Å². The lowest BCUT2D eigenvalue weighted by atomic mass is 10.1. The highest BCUT2D eigenvalue weighted by atomic mass is 15.1. The van der Waals surface area contributed by atoms with E-state index in [-0.39, 0.29) is 0 Å². The summed E-state index contributed by atoms with van der Waals surface area (Å²) >= 11 is 0. The van der Waals surface area contributed by atoms with E-state index in [0.717, 1.165) is 31.6 Å². The average Bonchev–Trinajstić information content (AvgIpc) is 2.81. The summed E-state index contributed by atoms with van der Waals surface area (Å²) in [7, 11) is 0. The molecule has 1 fully saturated rings. The van der Waals surface area contributed by atoms with Gasteiger partial charge in [-0.1, -0.05) is 6.07 Å². The quantitative estimate of drug-likeness (QED) is 0.692. The van der Waals surface area contributed by atoms with Gasteiger partial charge in [-0.2, -0.15) is 10.5 Å². The van der Waals surface area contributed by atoms with Crippen molar-refractivity contribution in [1.82, 2.24) is 0 Å². The van der Waals surface area contributed by atoms with E-state index in [1.165, 1.54) is 0 Å². The maximum absolute atomic E-state index is 9.01. The molecule has 1 saturated heterocycles. The number of para-hydroxylation sites is 1. The minimum atomic E-state index is 0.607. The van der Waals surface area contributed by atoms with Crippen LogP contribution in [0.25, 0.3) is 0 Å². The molecule has 15 heavy (non-hydrogen) atoms. The number of nitriles is 2. The lowest BCUT2D eigenvalue weighted by molar-refractivity contribution is 0.949. The van der Waals surface area contributed by atoms with E-state index in [0.29, 0.717) is 11.1 Å². The summed E-state index contributed by atoms with van der Waals surface area (Å²) in [5.74, 6) is 0. The highest BCUT2D eigenvalue weighted by Crippen LogP contribution is 2.27. The van der Waals surface area contributed by atoms with Crippen molar-refractivity contribution in [3.8, 4) is 12.1 Å². The molecular formula is C12H11N3. The van der Waals surface area contributed by atoms with E-state index in [4.69, 9.17) is 10.5 Å². The van der Waals surface area contributed by atoms with Crippen LogP contribution in [0.4, 0.5) is 5.69 Å². The molecule has 1 aromatic carbocycles. The van der Waals surface area contributed by atoms with Gasteiger partial charge in [0.1, 0.15) is 12.1 Å². The number of benzene rings is 1. The van der Waals surface area contributed by atoms with Crippen molar-refractivity contribution in [1.29, 1.82) is 10.5 Å². The monoisotopic (exact) mass is 197 g/mol. The maximum Gasteiger partial charge on any atom is 0.101 e. The molecule has 0 unspecified atom stereocenters. The Balaban J connectivity index is 2.51. The van der Waals surface area contributed by atoms with Gasteiger partial charge in [0.25, 0.3) is 0 Å². The van der Waals surface area contributed by atoms with Gasteiger partial charge < -0.3 is 4.90 Å². The van der Waals surface area contributed by atoms with Crippen LogP contribution in [0.5, 0.6) is 0 Å². The molecule has 0 radical (unpaired) electrons. The van der Waals surface area contributed by atoms with E-state index in [2.05, 4.69) is 17.0 Å². The predicted octanol–water partition coefficient (Wildman–Crippen LogP) is 2.03. The molecule has 0 atom stereocenters. The van der Waals surface area contributed by atoms with Gasteiger partial charge in [0.2, 0.25) is 0 Å². The summed E-state index contributed by atoms with van der Waals surface area (Å²) in [5.41, 5.74) is 2.03. The Morgan fingerprint density at radius 2 is 1.53 bits per heavy atom. The Morgan fingerprint density at radius 3 is 2.00 bits per heavy atom. The van der Waals surface area contributed by atoms with Crippen molar-refractivity contribution in [2.75, 3.05) is 18.0 Å². The molecule has 1 aromatic rings. The molecular weight excluding hydrogens is 186 g/mol. The molecule has 3 heteroatoms. The van der Waals surface area contributed by atoms with E-state index in [1.807, 2.05) is 0 Å². The first-order chi connectivity index (χ1) is 7.36. The van der Waals surface area contributed by atoms with Crippen molar-refractivity contribution in [3.63, 3.8) is 0 Å². The smallest absolute Gasteiger partial charge is 0.101 e. The zero-order valence-electron chi connectivity index (χ0n) is 8.40. The predicted molar refractivity (Wildman–Crippen MR) is 57.3 cm³/mol. The highest BCUT2D eigenvalue weighted by molar-refractivity contribution is 5.68. The topological polar surface area (TPSA) is 50.8 Å². The third-order valence-corrected chi connectivity index (χ3v) is 2.70. The lowest BCUT2D eigenvalue weighted by Gasteiger charge is -2.19. The van der Waals surface area contributed by atoms with E-state index in [9.17, 15) is 0 Å². The molecule has 74 valence electrons. The van der Waals surface area contributed by atoms with Gasteiger partial charge >= 0.3 is 0 Å². The summed E-state index contributed by atoms with van der Waals surface area (Å²) in [4.78, 5) is 2.14. The summed E-state index contributed by atoms with van der Waals surface area (Å²) < 4.78 is 0. The lowest BCUT2D eigenvalue weighted by Crippen LogP contribution is -2.20. The van der Waals surface area contributed by atoms with Crippen molar-refractivity contribution >= 4 is 5.69 Å². The molecule has 0 spiro atoms. The van der Waals surface area contributed by atoms with Gasteiger partial charge in [-0.3, -0.25) is 0 Å². The SMILES string of the molecule is N#Cc1cccc(C#N)c1N1CCCC1. The van der Waals surface area contributed by atoms with Crippen LogP contribution in [-0.2, 0) is 0 Å². The Hall–Kier alpha value is -2.00. The number of hydrogen-bond acceptors (Lipinski definition) is 3. The zero-order valence-corrected chi connectivity index (χ0v) is 8.40. The standard InChI is InChI=1S/C12H11N3/c13-8-10-4-3-5-11(9-14)12(10)15-6-1-2-7-15/h3-5H,1-2,6-7H2. The van der Waals surface area contributed by atoms with Gasteiger partial charge in [0.15, 0.2) is 0 Å². The van der Waals surface area contributed by atoms with Crippen LogP contribution in [0, 0.1) is 22.7 Å². The van der Waals surface area contributed by atoms with Gasteiger partial charge in [-0.15, -0.1) is 0 Å². The number of nitrogens with zero attached hydrogens (tertiary/aromatic N) is 3. The number of hydrogen-bond donors (Lipinski definition) is 0. The van der Waals surface area contributed by atoms with Crippen LogP contribution in [0.3, 0.4) is 0 Å². The van der Waals surface area contributed by atoms with Gasteiger partial charge in [0.05, 0.1) is 16.8 Å². The van der Waals surface area contributed by atoms with Gasteiger partial charge in [-0.25, -0.2) is 0 Å². The van der Waals surface area contributed by atoms with E-state index < -0.39 is 0 Å². The van der Waals surface area contributed by atoms with Gasteiger partial charge in [-0.05, 0) is 25.0 Å². The van der Waals surface area contributed by atoms with Crippen molar-refractivity contribution < 1.29 is 0 Å². The molecule has 2 rings (SSSR count). The third kappa shape index (κ3) is 1.65. The summed E-state index contributed by atoms with van der Waals surface area (Å²) in [6, 6.07) is 9.61. The average molecular weight is 197 g/mol. The van der Waals surface area contributed by atoms with Crippen LogP contribution >= 0.6 is 0 Å². The minimum absolute atomic E-state index is 0.607. The molecule has 0 aliphatic carbocycles. The fourth-order valence-electron chi connectivity index (χ4n) is 2.01. The van der Waals surface area contributed by atoms with E-state index in [1.54, 1.807) is 18.2 Å². The molecule has 0 aromatic heterocycles. The van der Waals surface area contributed by atoms with Crippen LogP contribution in [0.15, 0.2) is 18.2 Å². The zero-order chi connectivity index (χ0) is 10.7. The first-order valence-electron chi connectivity index (χ1n) is 5.05. The summed E-state index contributed by atoms with van der Waals surface area (Å²) in [6.45, 7) is 1.90. The van der Waals surface area contributed by atoms with Crippen LogP contribution in [0.2, 0.25) is 0 Å². The van der Waals surface area contributed by atoms with Gasteiger partial charge in [0, 0.05) is 13.1 Å². The Bertz CT molecular complexity index is 413. The minimum Gasteiger partial charge on any atom is -0.369 e. The molecule has 1 aliphatic rings. The fraction of sp³-hybridized carbons (Fsp3) is 0.333. The van der Waals surface area contributed by atoms with Crippen molar-refractivity contribution in [3.05, 3.63) is 29.3 Å². The number of anilines is 1. The van der Waals surface area contributed by atoms with Crippen LogP contribution < -0.4 is 4.90 Å². The second kappa shape index (κ2) is 4.02. The molecule has 0 bridgehead atoms. The summed E-state index contributed by atoms with van der Waals surface area (Å²) in [6.07, 6.45) is 2.29. The van der Waals surface area contributed by atoms with Crippen molar-refractivity contribution in [2.45, 2.75) is 12.8 Å². The first-order valence-corrected chi connectivity index (χ1v) is 5.05. The Morgan fingerprint density at radius 1 is 1.00 bits per heavy atom. The molecule has 1 heterocycles. The normalized spacial score (nSPS) is 14.7. The first kappa shape index (κ1) is 9.55. The fourth-order valence-corrected chi connectivity index (χ4v) is 2.01. The number of rotatable bonds is 1. The molecule has 0 N–H and O–H groups in total. The molecule has 3 nitrogen and oxygen atoms in total. The highest BCUT2D eigenvalue weighted by Gasteiger charge is 2.18. The Labute approximate surface area is 89.2 Å². The molecule has 0 saturated carbocycles. The maximum atomic E-state index is 9.01. The molecule has 0 amide bonds. The second-order valence-electron chi connectivity index (χ2n) is 3.62. The largest absolute Gasteiger partial charge is 0.369 e. The Kier molecular flexibility index (Phi) is 2.56.